The van der Waals surface area contributed by atoms with Gasteiger partial charge in [-0.05, 0) is 37.3 Å². The zero-order chi connectivity index (χ0) is 14.3. The van der Waals surface area contributed by atoms with Crippen molar-refractivity contribution in [2.24, 2.45) is 5.92 Å². The third-order valence-electron chi connectivity index (χ3n) is 3.46. The fourth-order valence-electron chi connectivity index (χ4n) is 2.37. The fraction of sp³-hybridized carbons (Fsp3) is 0.625. The van der Waals surface area contributed by atoms with Gasteiger partial charge in [0.2, 0.25) is 0 Å². The van der Waals surface area contributed by atoms with Crippen molar-refractivity contribution in [1.29, 1.82) is 0 Å². The van der Waals surface area contributed by atoms with Crippen LogP contribution in [0.15, 0.2) is 24.3 Å². The van der Waals surface area contributed by atoms with Crippen LogP contribution in [0.25, 0.3) is 0 Å². The van der Waals surface area contributed by atoms with E-state index < -0.39 is 0 Å². The quantitative estimate of drug-likeness (QED) is 0.759. The predicted molar refractivity (Wildman–Crippen MR) is 79.6 cm³/mol. The first-order valence-electron chi connectivity index (χ1n) is 7.07. The molecule has 0 aliphatic heterocycles. The first kappa shape index (κ1) is 16.0. The maximum Gasteiger partial charge on any atom is 0.122 e. The van der Waals surface area contributed by atoms with Crippen LogP contribution in [0, 0.1) is 5.92 Å². The molecule has 0 amide bonds. The van der Waals surface area contributed by atoms with Crippen molar-refractivity contribution in [3.05, 3.63) is 29.8 Å². The molecule has 0 fully saturated rings. The van der Waals surface area contributed by atoms with Crippen molar-refractivity contribution in [2.75, 3.05) is 13.7 Å². The standard InChI is InChI=1S/C16H27NO2/c1-12(2)15(9-10-18)17-13(3)11-14-7-5-6-8-16(14)19-4/h5-8,12-13,15,17-18H,9-11H2,1-4H3. The van der Waals surface area contributed by atoms with Gasteiger partial charge in [-0.3, -0.25) is 0 Å². The van der Waals surface area contributed by atoms with Gasteiger partial charge in [-0.2, -0.15) is 0 Å². The maximum absolute atomic E-state index is 9.11. The predicted octanol–water partition coefficient (Wildman–Crippen LogP) is 2.62. The average molecular weight is 265 g/mol. The van der Waals surface area contributed by atoms with E-state index in [2.05, 4.69) is 32.2 Å². The summed E-state index contributed by atoms with van der Waals surface area (Å²) in [7, 11) is 1.71. The first-order valence-corrected chi connectivity index (χ1v) is 7.07. The highest BCUT2D eigenvalue weighted by molar-refractivity contribution is 5.33. The van der Waals surface area contributed by atoms with Gasteiger partial charge in [0, 0.05) is 18.7 Å². The largest absolute Gasteiger partial charge is 0.496 e. The van der Waals surface area contributed by atoms with Gasteiger partial charge in [-0.1, -0.05) is 32.0 Å². The number of hydrogen-bond acceptors (Lipinski definition) is 3. The Bertz CT molecular complexity index is 366. The van der Waals surface area contributed by atoms with Crippen LogP contribution >= 0.6 is 0 Å². The molecular weight excluding hydrogens is 238 g/mol. The molecule has 1 aromatic rings. The highest BCUT2D eigenvalue weighted by Gasteiger charge is 2.16. The summed E-state index contributed by atoms with van der Waals surface area (Å²) >= 11 is 0. The van der Waals surface area contributed by atoms with E-state index >= 15 is 0 Å². The number of rotatable bonds is 8. The van der Waals surface area contributed by atoms with E-state index in [0.29, 0.717) is 18.0 Å². The van der Waals surface area contributed by atoms with Gasteiger partial charge in [0.05, 0.1) is 7.11 Å². The minimum Gasteiger partial charge on any atom is -0.496 e. The first-order chi connectivity index (χ1) is 9.08. The summed E-state index contributed by atoms with van der Waals surface area (Å²) < 4.78 is 5.38. The van der Waals surface area contributed by atoms with E-state index in [9.17, 15) is 0 Å². The normalized spacial score (nSPS) is 14.4. The number of benzene rings is 1. The van der Waals surface area contributed by atoms with Crippen molar-refractivity contribution in [3.8, 4) is 5.75 Å². The summed E-state index contributed by atoms with van der Waals surface area (Å²) in [5.74, 6) is 1.46. The van der Waals surface area contributed by atoms with E-state index in [4.69, 9.17) is 9.84 Å². The number of aliphatic hydroxyl groups is 1. The summed E-state index contributed by atoms with van der Waals surface area (Å²) in [4.78, 5) is 0. The Labute approximate surface area is 117 Å². The van der Waals surface area contributed by atoms with Crippen molar-refractivity contribution in [2.45, 2.75) is 45.7 Å². The molecule has 0 bridgehead atoms. The molecule has 0 saturated heterocycles. The Morgan fingerprint density at radius 2 is 1.89 bits per heavy atom. The molecular formula is C16H27NO2. The molecule has 3 heteroatoms. The number of methoxy groups -OCH3 is 1. The highest BCUT2D eigenvalue weighted by Crippen LogP contribution is 2.19. The van der Waals surface area contributed by atoms with Gasteiger partial charge < -0.3 is 15.2 Å². The maximum atomic E-state index is 9.11. The monoisotopic (exact) mass is 265 g/mol. The van der Waals surface area contributed by atoms with E-state index in [1.165, 1.54) is 5.56 Å². The minimum atomic E-state index is 0.233. The molecule has 1 aromatic carbocycles. The Hall–Kier alpha value is -1.06. The van der Waals surface area contributed by atoms with Crippen LogP contribution in [-0.4, -0.2) is 30.9 Å². The van der Waals surface area contributed by atoms with Crippen molar-refractivity contribution < 1.29 is 9.84 Å². The summed E-state index contributed by atoms with van der Waals surface area (Å²) in [5, 5.41) is 12.7. The van der Waals surface area contributed by atoms with Gasteiger partial charge in [0.25, 0.3) is 0 Å². The van der Waals surface area contributed by atoms with E-state index in [-0.39, 0.29) is 6.61 Å². The molecule has 2 atom stereocenters. The lowest BCUT2D eigenvalue weighted by Crippen LogP contribution is -2.41. The molecule has 108 valence electrons. The molecule has 3 nitrogen and oxygen atoms in total. The van der Waals surface area contributed by atoms with Gasteiger partial charge in [0.1, 0.15) is 5.75 Å². The molecule has 2 N–H and O–H groups in total. The molecule has 1 rings (SSSR count). The average Bonchev–Trinajstić information content (AvgIpc) is 2.38. The molecule has 0 radical (unpaired) electrons. The lowest BCUT2D eigenvalue weighted by Gasteiger charge is -2.26. The summed E-state index contributed by atoms with van der Waals surface area (Å²) in [6.07, 6.45) is 1.73. The Morgan fingerprint density at radius 1 is 1.21 bits per heavy atom. The minimum absolute atomic E-state index is 0.233. The van der Waals surface area contributed by atoms with E-state index in [1.54, 1.807) is 7.11 Å². The van der Waals surface area contributed by atoms with Crippen LogP contribution < -0.4 is 10.1 Å². The number of nitrogens with one attached hydrogen (secondary N) is 1. The lowest BCUT2D eigenvalue weighted by molar-refractivity contribution is 0.236. The van der Waals surface area contributed by atoms with E-state index in [0.717, 1.165) is 18.6 Å². The van der Waals surface area contributed by atoms with Crippen molar-refractivity contribution in [3.63, 3.8) is 0 Å². The molecule has 19 heavy (non-hydrogen) atoms. The molecule has 0 aliphatic rings. The van der Waals surface area contributed by atoms with Crippen LogP contribution in [0.2, 0.25) is 0 Å². The van der Waals surface area contributed by atoms with Crippen LogP contribution in [0.5, 0.6) is 5.75 Å². The number of ether oxygens (including phenoxy) is 1. The second kappa shape index (κ2) is 8.18. The molecule has 0 saturated carbocycles. The van der Waals surface area contributed by atoms with Gasteiger partial charge >= 0.3 is 0 Å². The molecule has 0 aliphatic carbocycles. The van der Waals surface area contributed by atoms with Crippen LogP contribution in [0.3, 0.4) is 0 Å². The Morgan fingerprint density at radius 3 is 2.47 bits per heavy atom. The third kappa shape index (κ3) is 5.21. The van der Waals surface area contributed by atoms with Crippen LogP contribution in [0.1, 0.15) is 32.8 Å². The highest BCUT2D eigenvalue weighted by atomic mass is 16.5. The topological polar surface area (TPSA) is 41.5 Å². The zero-order valence-corrected chi connectivity index (χ0v) is 12.5. The zero-order valence-electron chi connectivity index (χ0n) is 12.5. The van der Waals surface area contributed by atoms with Crippen molar-refractivity contribution in [1.82, 2.24) is 5.32 Å². The van der Waals surface area contributed by atoms with Crippen molar-refractivity contribution >= 4 is 0 Å². The second-order valence-corrected chi connectivity index (χ2v) is 5.45. The summed E-state index contributed by atoms with van der Waals surface area (Å²) in [5.41, 5.74) is 1.22. The molecule has 0 spiro atoms. The Balaban J connectivity index is 2.60. The Kier molecular flexibility index (Phi) is 6.89. The third-order valence-corrected chi connectivity index (χ3v) is 3.46. The number of aliphatic hydroxyl groups excluding tert-OH is 1. The number of para-hydroxylation sites is 1. The SMILES string of the molecule is COc1ccccc1CC(C)NC(CCO)C(C)C. The summed E-state index contributed by atoms with van der Waals surface area (Å²) in [6.45, 7) is 6.78. The molecule has 2 unspecified atom stereocenters. The van der Waals surface area contributed by atoms with Crippen LogP contribution in [-0.2, 0) is 6.42 Å². The van der Waals surface area contributed by atoms with Gasteiger partial charge in [-0.25, -0.2) is 0 Å². The number of hydrogen-bond donors (Lipinski definition) is 2. The fourth-order valence-corrected chi connectivity index (χ4v) is 2.37. The van der Waals surface area contributed by atoms with E-state index in [1.807, 2.05) is 18.2 Å². The smallest absolute Gasteiger partial charge is 0.122 e. The lowest BCUT2D eigenvalue weighted by atomic mass is 9.98. The van der Waals surface area contributed by atoms with Crippen LogP contribution in [0.4, 0.5) is 0 Å². The molecule has 0 heterocycles. The summed E-state index contributed by atoms with van der Waals surface area (Å²) in [6, 6.07) is 8.84. The molecule has 0 aromatic heterocycles. The van der Waals surface area contributed by atoms with Gasteiger partial charge in [0.15, 0.2) is 0 Å². The van der Waals surface area contributed by atoms with Gasteiger partial charge in [-0.15, -0.1) is 0 Å². The second-order valence-electron chi connectivity index (χ2n) is 5.45.